The standard InChI is InChI=1S/C15H18O5/c1-10(2)15(17)20-9-19-13-6-5-12(11(3)7-13)8-14(16)18-4/h5-7H,1,8-9H2,2-4H3. The number of hydrogen-bond acceptors (Lipinski definition) is 5. The van der Waals surface area contributed by atoms with Gasteiger partial charge in [0.15, 0.2) is 0 Å². The van der Waals surface area contributed by atoms with Gasteiger partial charge in [-0.2, -0.15) is 0 Å². The summed E-state index contributed by atoms with van der Waals surface area (Å²) >= 11 is 0. The van der Waals surface area contributed by atoms with Gasteiger partial charge in [-0.05, 0) is 37.1 Å². The molecule has 0 N–H and O–H groups in total. The Hall–Kier alpha value is -2.30. The zero-order chi connectivity index (χ0) is 15.1. The molecule has 0 saturated carbocycles. The van der Waals surface area contributed by atoms with E-state index in [2.05, 4.69) is 11.3 Å². The Bertz CT molecular complexity index is 519. The predicted molar refractivity (Wildman–Crippen MR) is 73.3 cm³/mol. The molecule has 0 radical (unpaired) electrons. The molecule has 0 atom stereocenters. The molecule has 20 heavy (non-hydrogen) atoms. The third-order valence-corrected chi connectivity index (χ3v) is 2.64. The Morgan fingerprint density at radius 1 is 1.30 bits per heavy atom. The van der Waals surface area contributed by atoms with Crippen LogP contribution in [0.5, 0.6) is 5.75 Å². The van der Waals surface area contributed by atoms with Crippen molar-refractivity contribution in [3.05, 3.63) is 41.5 Å². The van der Waals surface area contributed by atoms with Crippen LogP contribution in [-0.4, -0.2) is 25.8 Å². The van der Waals surface area contributed by atoms with Gasteiger partial charge in [0.05, 0.1) is 13.5 Å². The molecular formula is C15H18O5. The van der Waals surface area contributed by atoms with E-state index in [9.17, 15) is 9.59 Å². The number of ether oxygens (including phenoxy) is 3. The molecule has 0 aliphatic heterocycles. The van der Waals surface area contributed by atoms with Crippen LogP contribution in [0.2, 0.25) is 0 Å². The van der Waals surface area contributed by atoms with Crippen LogP contribution in [-0.2, 0) is 25.5 Å². The summed E-state index contributed by atoms with van der Waals surface area (Å²) in [6.07, 6.45) is 0.216. The van der Waals surface area contributed by atoms with Gasteiger partial charge in [-0.15, -0.1) is 0 Å². The number of aryl methyl sites for hydroxylation is 1. The first-order chi connectivity index (χ1) is 9.43. The van der Waals surface area contributed by atoms with Gasteiger partial charge in [0.2, 0.25) is 6.79 Å². The van der Waals surface area contributed by atoms with Gasteiger partial charge in [-0.25, -0.2) is 4.79 Å². The molecule has 0 spiro atoms. The quantitative estimate of drug-likeness (QED) is 0.453. The fraction of sp³-hybridized carbons (Fsp3) is 0.333. The molecule has 1 aromatic rings. The van der Waals surface area contributed by atoms with E-state index in [1.807, 2.05) is 6.92 Å². The Labute approximate surface area is 118 Å². The van der Waals surface area contributed by atoms with Crippen molar-refractivity contribution in [1.82, 2.24) is 0 Å². The Morgan fingerprint density at radius 3 is 2.55 bits per heavy atom. The minimum atomic E-state index is -0.496. The average molecular weight is 278 g/mol. The van der Waals surface area contributed by atoms with Gasteiger partial charge >= 0.3 is 11.9 Å². The third-order valence-electron chi connectivity index (χ3n) is 2.64. The molecule has 5 nitrogen and oxygen atoms in total. The zero-order valence-corrected chi connectivity index (χ0v) is 11.9. The normalized spacial score (nSPS) is 9.75. The van der Waals surface area contributed by atoms with Crippen molar-refractivity contribution in [3.63, 3.8) is 0 Å². The monoisotopic (exact) mass is 278 g/mol. The first-order valence-corrected chi connectivity index (χ1v) is 6.05. The van der Waals surface area contributed by atoms with Gasteiger partial charge in [0.25, 0.3) is 0 Å². The summed E-state index contributed by atoms with van der Waals surface area (Å²) in [7, 11) is 1.35. The first-order valence-electron chi connectivity index (χ1n) is 6.05. The average Bonchev–Trinajstić information content (AvgIpc) is 2.41. The van der Waals surface area contributed by atoms with Gasteiger partial charge in [0, 0.05) is 5.57 Å². The second-order valence-electron chi connectivity index (χ2n) is 4.32. The first kappa shape index (κ1) is 15.8. The smallest absolute Gasteiger partial charge is 0.335 e. The van der Waals surface area contributed by atoms with Crippen molar-refractivity contribution in [3.8, 4) is 5.75 Å². The molecule has 0 heterocycles. The summed E-state index contributed by atoms with van der Waals surface area (Å²) in [5.74, 6) is -0.230. The van der Waals surface area contributed by atoms with Gasteiger partial charge < -0.3 is 14.2 Å². The fourth-order valence-corrected chi connectivity index (χ4v) is 1.46. The molecule has 0 fully saturated rings. The largest absolute Gasteiger partial charge is 0.469 e. The van der Waals surface area contributed by atoms with E-state index in [0.717, 1.165) is 11.1 Å². The summed E-state index contributed by atoms with van der Waals surface area (Å²) in [5, 5.41) is 0. The molecule has 0 saturated heterocycles. The third kappa shape index (κ3) is 4.76. The van der Waals surface area contributed by atoms with Crippen LogP contribution in [0, 0.1) is 6.92 Å². The number of carbonyl (C=O) groups excluding carboxylic acids is 2. The molecule has 1 rings (SSSR count). The van der Waals surface area contributed by atoms with Gasteiger partial charge in [-0.1, -0.05) is 12.6 Å². The molecule has 0 aromatic heterocycles. The lowest BCUT2D eigenvalue weighted by Gasteiger charge is -2.10. The van der Waals surface area contributed by atoms with Crippen molar-refractivity contribution in [2.24, 2.45) is 0 Å². The van der Waals surface area contributed by atoms with E-state index < -0.39 is 5.97 Å². The molecule has 0 aliphatic carbocycles. The van der Waals surface area contributed by atoms with E-state index in [4.69, 9.17) is 9.47 Å². The maximum Gasteiger partial charge on any atom is 0.335 e. The number of carbonyl (C=O) groups is 2. The Balaban J connectivity index is 2.57. The van der Waals surface area contributed by atoms with Crippen LogP contribution < -0.4 is 4.74 Å². The van der Waals surface area contributed by atoms with Crippen LogP contribution in [0.1, 0.15) is 18.1 Å². The van der Waals surface area contributed by atoms with Crippen molar-refractivity contribution in [2.45, 2.75) is 20.3 Å². The topological polar surface area (TPSA) is 61.8 Å². The predicted octanol–water partition coefficient (Wildman–Crippen LogP) is 2.17. The van der Waals surface area contributed by atoms with Crippen molar-refractivity contribution >= 4 is 11.9 Å². The Morgan fingerprint density at radius 2 is 2.00 bits per heavy atom. The number of esters is 2. The summed E-state index contributed by atoms with van der Waals surface area (Å²) < 4.78 is 14.7. The van der Waals surface area contributed by atoms with E-state index in [-0.39, 0.29) is 19.2 Å². The molecular weight excluding hydrogens is 260 g/mol. The number of methoxy groups -OCH3 is 1. The van der Waals surface area contributed by atoms with E-state index >= 15 is 0 Å². The Kier molecular flexibility index (Phi) is 5.77. The lowest BCUT2D eigenvalue weighted by molar-refractivity contribution is -0.145. The molecule has 0 amide bonds. The summed E-state index contributed by atoms with van der Waals surface area (Å²) in [5.41, 5.74) is 2.08. The molecule has 0 unspecified atom stereocenters. The molecule has 0 bridgehead atoms. The van der Waals surface area contributed by atoms with E-state index in [0.29, 0.717) is 11.3 Å². The zero-order valence-electron chi connectivity index (χ0n) is 11.9. The van der Waals surface area contributed by atoms with Crippen molar-refractivity contribution in [2.75, 3.05) is 13.9 Å². The number of hydrogen-bond donors (Lipinski definition) is 0. The maximum absolute atomic E-state index is 11.2. The highest BCUT2D eigenvalue weighted by Gasteiger charge is 2.07. The van der Waals surface area contributed by atoms with Crippen molar-refractivity contribution < 1.29 is 23.8 Å². The second kappa shape index (κ2) is 7.33. The van der Waals surface area contributed by atoms with Crippen molar-refractivity contribution in [1.29, 1.82) is 0 Å². The van der Waals surface area contributed by atoms with E-state index in [1.54, 1.807) is 25.1 Å². The molecule has 108 valence electrons. The van der Waals surface area contributed by atoms with Crippen LogP contribution >= 0.6 is 0 Å². The number of benzene rings is 1. The minimum Gasteiger partial charge on any atom is -0.469 e. The lowest BCUT2D eigenvalue weighted by atomic mass is 10.1. The highest BCUT2D eigenvalue weighted by molar-refractivity contribution is 5.86. The molecule has 0 aliphatic rings. The summed E-state index contributed by atoms with van der Waals surface area (Å²) in [6.45, 7) is 6.72. The highest BCUT2D eigenvalue weighted by atomic mass is 16.7. The maximum atomic E-state index is 11.2. The fourth-order valence-electron chi connectivity index (χ4n) is 1.46. The van der Waals surface area contributed by atoms with Crippen LogP contribution in [0.3, 0.4) is 0 Å². The second-order valence-corrected chi connectivity index (χ2v) is 4.32. The highest BCUT2D eigenvalue weighted by Crippen LogP contribution is 2.18. The summed E-state index contributed by atoms with van der Waals surface area (Å²) in [6, 6.07) is 5.26. The van der Waals surface area contributed by atoms with E-state index in [1.165, 1.54) is 7.11 Å². The van der Waals surface area contributed by atoms with Crippen LogP contribution in [0.15, 0.2) is 30.4 Å². The van der Waals surface area contributed by atoms with Crippen LogP contribution in [0.4, 0.5) is 0 Å². The SMILES string of the molecule is C=C(C)C(=O)OCOc1ccc(CC(=O)OC)c(C)c1. The lowest BCUT2D eigenvalue weighted by Crippen LogP contribution is -2.11. The minimum absolute atomic E-state index is 0.179. The van der Waals surface area contributed by atoms with Crippen LogP contribution in [0.25, 0.3) is 0 Å². The molecule has 5 heteroatoms. The summed E-state index contributed by atoms with van der Waals surface area (Å²) in [4.78, 5) is 22.4. The van der Waals surface area contributed by atoms with Gasteiger partial charge in [-0.3, -0.25) is 4.79 Å². The number of rotatable bonds is 6. The molecule has 1 aromatic carbocycles. The van der Waals surface area contributed by atoms with Gasteiger partial charge in [0.1, 0.15) is 5.75 Å².